The summed E-state index contributed by atoms with van der Waals surface area (Å²) in [6.45, 7) is 0. The Kier molecular flexibility index (Phi) is 3.25. The van der Waals surface area contributed by atoms with E-state index >= 15 is 0 Å². The van der Waals surface area contributed by atoms with Gasteiger partial charge in [0, 0.05) is 0 Å². The zero-order valence-electron chi connectivity index (χ0n) is 3.57. The Morgan fingerprint density at radius 3 is 2.25 bits per heavy atom. The minimum Gasteiger partial charge on any atom is -0.233 e. The fourth-order valence-electron chi connectivity index (χ4n) is 0.0761. The average Bonchev–Trinajstić information content (AvgIpc) is 1.67. The summed E-state index contributed by atoms with van der Waals surface area (Å²) in [5.41, 5.74) is 0. The summed E-state index contributed by atoms with van der Waals surface area (Å²) in [4.78, 5) is 0. The van der Waals surface area contributed by atoms with Crippen LogP contribution in [0.5, 0.6) is 0 Å². The number of hydrogen-bond donors (Lipinski definition) is 1. The van der Waals surface area contributed by atoms with Gasteiger partial charge in [-0.2, -0.15) is 8.42 Å². The first-order chi connectivity index (χ1) is 3.62. The van der Waals surface area contributed by atoms with Crippen LogP contribution in [-0.2, 0) is 18.9 Å². The Bertz CT molecular complexity index is 137. The molecule has 0 radical (unpaired) electrons. The van der Waals surface area contributed by atoms with Gasteiger partial charge in [0.2, 0.25) is 0 Å². The number of halogens is 1. The Balaban J connectivity index is 3.76. The van der Waals surface area contributed by atoms with Crippen LogP contribution >= 0.6 is 11.6 Å². The van der Waals surface area contributed by atoms with Crippen molar-refractivity contribution in [2.75, 3.05) is 6.07 Å². The molecule has 7 heteroatoms. The van der Waals surface area contributed by atoms with Gasteiger partial charge in [-0.05, 0) is 0 Å². The Morgan fingerprint density at radius 1 is 1.62 bits per heavy atom. The normalized spacial score (nSPS) is 11.8. The lowest BCUT2D eigenvalue weighted by molar-refractivity contribution is -0.141. The first-order valence-corrected chi connectivity index (χ1v) is 3.27. The van der Waals surface area contributed by atoms with Crippen LogP contribution in [0.25, 0.3) is 0 Å². The van der Waals surface area contributed by atoms with Gasteiger partial charge in [0.05, 0.1) is 0 Å². The van der Waals surface area contributed by atoms with Crippen molar-refractivity contribution in [3.05, 3.63) is 0 Å². The van der Waals surface area contributed by atoms with Gasteiger partial charge >= 0.3 is 10.4 Å². The summed E-state index contributed by atoms with van der Waals surface area (Å²) >= 11 is 4.77. The van der Waals surface area contributed by atoms with Crippen LogP contribution in [0.3, 0.4) is 0 Å². The van der Waals surface area contributed by atoms with Crippen molar-refractivity contribution in [3.8, 4) is 0 Å². The zero-order chi connectivity index (χ0) is 6.62. The predicted octanol–water partition coefficient (Wildman–Crippen LogP) is -0.0663. The van der Waals surface area contributed by atoms with Crippen molar-refractivity contribution in [3.63, 3.8) is 0 Å². The van der Waals surface area contributed by atoms with Crippen molar-refractivity contribution >= 4 is 22.0 Å². The fraction of sp³-hybridized carbons (Fsp3) is 1.00. The van der Waals surface area contributed by atoms with Crippen LogP contribution in [0, 0.1) is 0 Å². The van der Waals surface area contributed by atoms with Gasteiger partial charge in [-0.3, -0.25) is 0 Å². The van der Waals surface area contributed by atoms with E-state index in [0.29, 0.717) is 0 Å². The SMILES string of the molecule is O=S(=O)(OO)OCCl. The molecule has 0 aromatic heterocycles. The minimum absolute atomic E-state index is 0.580. The number of rotatable bonds is 3. The van der Waals surface area contributed by atoms with Gasteiger partial charge in [0.1, 0.15) is 6.07 Å². The standard InChI is InChI=1S/CH3ClO5S/c2-1-6-8(4,5)7-3/h3H,1H2. The molecule has 0 aliphatic carbocycles. The molecule has 0 atom stereocenters. The number of hydrogen-bond acceptors (Lipinski definition) is 5. The summed E-state index contributed by atoms with van der Waals surface area (Å²) in [6.07, 6.45) is 0. The number of alkyl halides is 1. The monoisotopic (exact) mass is 162 g/mol. The molecule has 0 heterocycles. The molecule has 0 saturated heterocycles. The molecule has 5 nitrogen and oxygen atoms in total. The zero-order valence-corrected chi connectivity index (χ0v) is 5.15. The smallest absolute Gasteiger partial charge is 0.233 e. The maximum absolute atomic E-state index is 9.82. The molecule has 0 rings (SSSR count). The molecule has 1 N–H and O–H groups in total. The predicted molar refractivity (Wildman–Crippen MR) is 24.4 cm³/mol. The second-order valence-corrected chi connectivity index (χ2v) is 2.13. The molecule has 0 unspecified atom stereocenters. The molecule has 0 amide bonds. The molecule has 50 valence electrons. The Labute approximate surface area is 51.0 Å². The molecule has 8 heavy (non-hydrogen) atoms. The van der Waals surface area contributed by atoms with E-state index in [-0.39, 0.29) is 0 Å². The largest absolute Gasteiger partial charge is 0.427 e. The third-order valence-electron chi connectivity index (χ3n) is 0.280. The summed E-state index contributed by atoms with van der Waals surface area (Å²) in [7, 11) is -4.25. The van der Waals surface area contributed by atoms with E-state index in [1.165, 1.54) is 0 Å². The second-order valence-electron chi connectivity index (χ2n) is 0.710. The van der Waals surface area contributed by atoms with Crippen molar-refractivity contribution in [1.29, 1.82) is 0 Å². The molecule has 0 aromatic rings. The lowest BCUT2D eigenvalue weighted by atomic mass is 11.7. The molecule has 0 saturated carbocycles. The van der Waals surface area contributed by atoms with Gasteiger partial charge in [-0.1, -0.05) is 15.9 Å². The first kappa shape index (κ1) is 8.12. The second kappa shape index (κ2) is 3.21. The van der Waals surface area contributed by atoms with Crippen LogP contribution in [0.2, 0.25) is 0 Å². The van der Waals surface area contributed by atoms with Crippen LogP contribution in [0.15, 0.2) is 0 Å². The van der Waals surface area contributed by atoms with E-state index in [2.05, 4.69) is 8.52 Å². The third kappa shape index (κ3) is 3.16. The van der Waals surface area contributed by atoms with Gasteiger partial charge < -0.3 is 0 Å². The Morgan fingerprint density at radius 2 is 2.12 bits per heavy atom. The lowest BCUT2D eigenvalue weighted by Crippen LogP contribution is -2.05. The highest BCUT2D eigenvalue weighted by Gasteiger charge is 2.07. The summed E-state index contributed by atoms with van der Waals surface area (Å²) < 4.78 is 26.1. The maximum atomic E-state index is 9.82. The molecule has 0 aromatic carbocycles. The first-order valence-electron chi connectivity index (χ1n) is 1.41. The van der Waals surface area contributed by atoms with Crippen molar-refractivity contribution < 1.29 is 22.2 Å². The topological polar surface area (TPSA) is 72.8 Å². The van der Waals surface area contributed by atoms with Crippen molar-refractivity contribution in [2.45, 2.75) is 0 Å². The van der Waals surface area contributed by atoms with E-state index in [0.717, 1.165) is 0 Å². The molecular formula is CH3ClO5S. The van der Waals surface area contributed by atoms with E-state index < -0.39 is 16.5 Å². The van der Waals surface area contributed by atoms with Gasteiger partial charge in [0.15, 0.2) is 0 Å². The highest BCUT2D eigenvalue weighted by atomic mass is 35.5. The van der Waals surface area contributed by atoms with Crippen LogP contribution in [-0.4, -0.2) is 19.7 Å². The van der Waals surface area contributed by atoms with Crippen LogP contribution in [0.1, 0.15) is 0 Å². The van der Waals surface area contributed by atoms with Gasteiger partial charge in [-0.15, -0.1) is 0 Å². The van der Waals surface area contributed by atoms with E-state index in [9.17, 15) is 8.42 Å². The average molecular weight is 163 g/mol. The molecule has 0 fully saturated rings. The maximum Gasteiger partial charge on any atom is 0.427 e. The molecule has 0 spiro atoms. The summed E-state index contributed by atoms with van der Waals surface area (Å²) in [5.74, 6) is 0. The highest BCUT2D eigenvalue weighted by Crippen LogP contribution is 1.92. The molecular weight excluding hydrogens is 160 g/mol. The van der Waals surface area contributed by atoms with E-state index in [4.69, 9.17) is 16.9 Å². The minimum atomic E-state index is -4.25. The molecule has 0 aliphatic heterocycles. The molecule has 0 bridgehead atoms. The van der Waals surface area contributed by atoms with Crippen molar-refractivity contribution in [2.24, 2.45) is 0 Å². The molecule has 0 aliphatic rings. The highest BCUT2D eigenvalue weighted by molar-refractivity contribution is 7.81. The summed E-state index contributed by atoms with van der Waals surface area (Å²) in [6, 6.07) is -0.580. The van der Waals surface area contributed by atoms with E-state index in [1.807, 2.05) is 0 Å². The quantitative estimate of drug-likeness (QED) is 0.357. The van der Waals surface area contributed by atoms with Crippen molar-refractivity contribution in [1.82, 2.24) is 0 Å². The van der Waals surface area contributed by atoms with Crippen LogP contribution < -0.4 is 0 Å². The van der Waals surface area contributed by atoms with Gasteiger partial charge in [-0.25, -0.2) is 9.44 Å². The lowest BCUT2D eigenvalue weighted by Gasteiger charge is -1.92. The van der Waals surface area contributed by atoms with Gasteiger partial charge in [0.25, 0.3) is 0 Å². The fourth-order valence-corrected chi connectivity index (χ4v) is 0.556. The van der Waals surface area contributed by atoms with E-state index in [1.54, 1.807) is 0 Å². The van der Waals surface area contributed by atoms with Crippen LogP contribution in [0.4, 0.5) is 0 Å². The summed E-state index contributed by atoms with van der Waals surface area (Å²) in [5, 5.41) is 7.45. The Hall–Kier alpha value is 0.120. The third-order valence-corrected chi connectivity index (χ3v) is 1.11.